The summed E-state index contributed by atoms with van der Waals surface area (Å²) in [4.78, 5) is 0. The second kappa shape index (κ2) is 3.09. The lowest BCUT2D eigenvalue weighted by Gasteiger charge is -2.07. The molecule has 1 aliphatic rings. The van der Waals surface area contributed by atoms with Gasteiger partial charge in [0.25, 0.3) is 0 Å². The molecule has 0 saturated carbocycles. The summed E-state index contributed by atoms with van der Waals surface area (Å²) in [5.74, 6) is 0.338. The van der Waals surface area contributed by atoms with E-state index in [0.29, 0.717) is 5.92 Å². The van der Waals surface area contributed by atoms with Gasteiger partial charge >= 0.3 is 0 Å². The van der Waals surface area contributed by atoms with Crippen molar-refractivity contribution in [2.45, 2.75) is 18.6 Å². The zero-order valence-electron chi connectivity index (χ0n) is 5.74. The molecule has 0 radical (unpaired) electrons. The lowest BCUT2D eigenvalue weighted by molar-refractivity contribution is 0.619. The van der Waals surface area contributed by atoms with Crippen LogP contribution >= 0.6 is 12.0 Å². The largest absolute Gasteiger partial charge is 0.330 e. The van der Waals surface area contributed by atoms with Crippen LogP contribution in [0.2, 0.25) is 0 Å². The highest BCUT2D eigenvalue weighted by molar-refractivity contribution is 7.94. The number of nitriles is 1. The van der Waals surface area contributed by atoms with E-state index < -0.39 is 0 Å². The third-order valence-electron chi connectivity index (χ3n) is 1.75. The predicted molar refractivity (Wildman–Crippen MR) is 41.5 cm³/mol. The topological polar surface area (TPSA) is 44.0 Å². The van der Waals surface area contributed by atoms with Crippen molar-refractivity contribution in [3.63, 3.8) is 0 Å². The quantitative estimate of drug-likeness (QED) is 0.589. The highest BCUT2D eigenvalue weighted by Gasteiger charge is 2.23. The summed E-state index contributed by atoms with van der Waals surface area (Å²) in [6.45, 7) is 2.01. The fourth-order valence-corrected chi connectivity index (χ4v) is 1.64. The molecule has 54 valence electrons. The van der Waals surface area contributed by atoms with Gasteiger partial charge in [0.15, 0.2) is 0 Å². The molecule has 1 N–H and O–H groups in total. The maximum absolute atomic E-state index is 8.72. The minimum Gasteiger partial charge on any atom is -0.330 e. The van der Waals surface area contributed by atoms with E-state index in [4.69, 9.17) is 9.81 Å². The molecular weight excluding hydrogens is 146 g/mol. The van der Waals surface area contributed by atoms with E-state index in [1.807, 2.05) is 13.0 Å². The van der Waals surface area contributed by atoms with Gasteiger partial charge in [0.2, 0.25) is 0 Å². The van der Waals surface area contributed by atoms with Gasteiger partial charge in [-0.3, -0.25) is 0 Å². The Hall–Kier alpha value is -0.460. The molecule has 0 fully saturated rings. The smallest absolute Gasteiger partial charge is 0.0944 e. The van der Waals surface area contributed by atoms with E-state index in [-0.39, 0.29) is 5.25 Å². The Balaban J connectivity index is 2.59. The number of hydrogen-bond donors (Lipinski definition) is 1. The SMILES string of the molecule is CC1C=C(C#N)CC1SO. The Morgan fingerprint density at radius 3 is 2.90 bits per heavy atom. The monoisotopic (exact) mass is 155 g/mol. The van der Waals surface area contributed by atoms with Crippen molar-refractivity contribution in [1.82, 2.24) is 0 Å². The van der Waals surface area contributed by atoms with E-state index >= 15 is 0 Å². The van der Waals surface area contributed by atoms with Crippen LogP contribution in [-0.2, 0) is 0 Å². The molecule has 0 aliphatic heterocycles. The summed E-state index contributed by atoms with van der Waals surface area (Å²) in [6.07, 6.45) is 2.65. The molecular formula is C7H9NOS. The summed E-state index contributed by atoms with van der Waals surface area (Å²) < 4.78 is 8.72. The Kier molecular flexibility index (Phi) is 2.36. The molecule has 1 rings (SSSR count). The van der Waals surface area contributed by atoms with Crippen LogP contribution in [0, 0.1) is 17.2 Å². The molecule has 0 saturated heterocycles. The Bertz CT molecular complexity index is 194. The van der Waals surface area contributed by atoms with Gasteiger partial charge in [0, 0.05) is 10.8 Å². The van der Waals surface area contributed by atoms with Crippen LogP contribution in [0.5, 0.6) is 0 Å². The molecule has 3 heteroatoms. The molecule has 2 nitrogen and oxygen atoms in total. The fourth-order valence-electron chi connectivity index (χ4n) is 1.11. The lowest BCUT2D eigenvalue weighted by atomic mass is 10.1. The first kappa shape index (κ1) is 7.64. The zero-order valence-corrected chi connectivity index (χ0v) is 6.56. The maximum Gasteiger partial charge on any atom is 0.0944 e. The standard InChI is InChI=1S/C7H9NOS/c1-5-2-6(4-8)3-7(5)10-9/h2,5,7,9H,3H2,1H3. The summed E-state index contributed by atoms with van der Waals surface area (Å²) in [6, 6.07) is 2.10. The number of hydrogen-bond acceptors (Lipinski definition) is 3. The molecule has 0 aromatic carbocycles. The van der Waals surface area contributed by atoms with Crippen LogP contribution < -0.4 is 0 Å². The van der Waals surface area contributed by atoms with E-state index in [1.165, 1.54) is 0 Å². The molecule has 0 aromatic rings. The van der Waals surface area contributed by atoms with Gasteiger partial charge in [-0.1, -0.05) is 13.0 Å². The molecule has 2 atom stereocenters. The molecule has 0 heterocycles. The van der Waals surface area contributed by atoms with E-state index in [2.05, 4.69) is 6.07 Å². The molecule has 10 heavy (non-hydrogen) atoms. The van der Waals surface area contributed by atoms with Crippen LogP contribution in [0.25, 0.3) is 0 Å². The Morgan fingerprint density at radius 1 is 1.90 bits per heavy atom. The van der Waals surface area contributed by atoms with Crippen molar-refractivity contribution in [3.8, 4) is 6.07 Å². The van der Waals surface area contributed by atoms with Crippen molar-refractivity contribution >= 4 is 12.0 Å². The summed E-state index contributed by atoms with van der Waals surface area (Å²) >= 11 is 0.856. The minimum atomic E-state index is 0.203. The second-order valence-corrected chi connectivity index (χ2v) is 3.33. The van der Waals surface area contributed by atoms with Crippen molar-refractivity contribution in [1.29, 1.82) is 5.26 Å². The number of rotatable bonds is 1. The van der Waals surface area contributed by atoms with E-state index in [1.54, 1.807) is 0 Å². The van der Waals surface area contributed by atoms with Crippen molar-refractivity contribution in [2.75, 3.05) is 0 Å². The van der Waals surface area contributed by atoms with Gasteiger partial charge in [-0.15, -0.1) is 0 Å². The van der Waals surface area contributed by atoms with Crippen LogP contribution in [0.15, 0.2) is 11.6 Å². The molecule has 0 aromatic heterocycles. The number of allylic oxidation sites excluding steroid dienone is 2. The molecule has 0 bridgehead atoms. The molecule has 2 unspecified atom stereocenters. The van der Waals surface area contributed by atoms with Crippen LogP contribution in [0.1, 0.15) is 13.3 Å². The first-order valence-electron chi connectivity index (χ1n) is 3.19. The molecule has 1 aliphatic carbocycles. The summed E-state index contributed by atoms with van der Waals surface area (Å²) in [7, 11) is 0. The van der Waals surface area contributed by atoms with Gasteiger partial charge in [0.1, 0.15) is 0 Å². The predicted octanol–water partition coefficient (Wildman–Crippen LogP) is 2.05. The average Bonchev–Trinajstić information content (AvgIpc) is 2.30. The second-order valence-electron chi connectivity index (χ2n) is 2.51. The zero-order chi connectivity index (χ0) is 7.56. The average molecular weight is 155 g/mol. The van der Waals surface area contributed by atoms with Crippen molar-refractivity contribution < 1.29 is 4.55 Å². The fraction of sp³-hybridized carbons (Fsp3) is 0.571. The summed E-state index contributed by atoms with van der Waals surface area (Å²) in [5.41, 5.74) is 0.805. The highest BCUT2D eigenvalue weighted by atomic mass is 32.2. The maximum atomic E-state index is 8.72. The van der Waals surface area contributed by atoms with Crippen LogP contribution in [0.4, 0.5) is 0 Å². The third kappa shape index (κ3) is 1.34. The number of nitrogens with zero attached hydrogens (tertiary/aromatic N) is 1. The van der Waals surface area contributed by atoms with Crippen LogP contribution in [-0.4, -0.2) is 9.80 Å². The van der Waals surface area contributed by atoms with E-state index in [0.717, 1.165) is 24.0 Å². The summed E-state index contributed by atoms with van der Waals surface area (Å²) in [5, 5.41) is 8.69. The first-order chi connectivity index (χ1) is 4.77. The normalized spacial score (nSPS) is 31.5. The van der Waals surface area contributed by atoms with Gasteiger partial charge < -0.3 is 4.55 Å². The highest BCUT2D eigenvalue weighted by Crippen LogP contribution is 2.31. The van der Waals surface area contributed by atoms with Crippen molar-refractivity contribution in [3.05, 3.63) is 11.6 Å². The Morgan fingerprint density at radius 2 is 2.60 bits per heavy atom. The van der Waals surface area contributed by atoms with Crippen molar-refractivity contribution in [2.24, 2.45) is 5.92 Å². The van der Waals surface area contributed by atoms with Crippen LogP contribution in [0.3, 0.4) is 0 Å². The minimum absolute atomic E-state index is 0.203. The lowest BCUT2D eigenvalue weighted by Crippen LogP contribution is -2.05. The molecule has 0 spiro atoms. The Labute approximate surface area is 64.8 Å². The third-order valence-corrected chi connectivity index (χ3v) is 2.62. The van der Waals surface area contributed by atoms with Gasteiger partial charge in [0.05, 0.1) is 6.07 Å². The first-order valence-corrected chi connectivity index (χ1v) is 4.02. The van der Waals surface area contributed by atoms with Gasteiger partial charge in [-0.05, 0) is 24.4 Å². The van der Waals surface area contributed by atoms with E-state index in [9.17, 15) is 0 Å². The molecule has 0 amide bonds. The van der Waals surface area contributed by atoms with Gasteiger partial charge in [-0.2, -0.15) is 5.26 Å². The van der Waals surface area contributed by atoms with Gasteiger partial charge in [-0.25, -0.2) is 0 Å².